The predicted molar refractivity (Wildman–Crippen MR) is 60.1 cm³/mol. The summed E-state index contributed by atoms with van der Waals surface area (Å²) in [5.41, 5.74) is -0.389. The number of aromatic amines is 1. The van der Waals surface area contributed by atoms with E-state index in [0.29, 0.717) is 5.76 Å². The number of imidazole rings is 1. The number of carbonyl (C=O) groups excluding carboxylic acids is 1. The molecule has 2 aromatic heterocycles. The summed E-state index contributed by atoms with van der Waals surface area (Å²) < 4.78 is 5.13. The molecule has 2 aromatic rings. The summed E-state index contributed by atoms with van der Waals surface area (Å²) in [6.45, 7) is 1.73. The van der Waals surface area contributed by atoms with Crippen molar-refractivity contribution in [1.29, 1.82) is 0 Å². The quantitative estimate of drug-likeness (QED) is 0.754. The van der Waals surface area contributed by atoms with Gasteiger partial charge in [0, 0.05) is 0 Å². The lowest BCUT2D eigenvalue weighted by atomic mass is 10.2. The Bertz CT molecular complexity index is 559. The van der Waals surface area contributed by atoms with Crippen molar-refractivity contribution in [3.8, 4) is 0 Å². The van der Waals surface area contributed by atoms with Gasteiger partial charge in [-0.15, -0.1) is 0 Å². The molecule has 0 aliphatic rings. The van der Waals surface area contributed by atoms with Crippen LogP contribution in [-0.4, -0.2) is 27.0 Å². The van der Waals surface area contributed by atoms with Gasteiger partial charge in [-0.2, -0.15) is 0 Å². The molecule has 0 aliphatic carbocycles. The number of carboxylic acid groups (broad SMARTS) is 1. The molecule has 0 aliphatic heterocycles. The highest BCUT2D eigenvalue weighted by Gasteiger charge is 2.21. The highest BCUT2D eigenvalue weighted by molar-refractivity contribution is 6.02. The second kappa shape index (κ2) is 4.74. The average molecular weight is 249 g/mol. The molecule has 1 amide bonds. The van der Waals surface area contributed by atoms with Crippen LogP contribution in [0.25, 0.3) is 0 Å². The number of carbonyl (C=O) groups is 2. The molecule has 0 bridgehead atoms. The molecular formula is C11H11N3O4. The molecule has 1 atom stereocenters. The molecule has 0 spiro atoms. The SMILES string of the molecule is CC(NC(=O)c1nc[nH]c1C(=O)O)c1ccco1. The minimum absolute atomic E-state index is 0.152. The summed E-state index contributed by atoms with van der Waals surface area (Å²) in [7, 11) is 0. The lowest BCUT2D eigenvalue weighted by Gasteiger charge is -2.10. The van der Waals surface area contributed by atoms with Gasteiger partial charge >= 0.3 is 5.97 Å². The predicted octanol–water partition coefficient (Wildman–Crippen LogP) is 1.19. The lowest BCUT2D eigenvalue weighted by Crippen LogP contribution is -2.28. The van der Waals surface area contributed by atoms with Gasteiger partial charge in [0.25, 0.3) is 5.91 Å². The first-order valence-corrected chi connectivity index (χ1v) is 5.20. The first kappa shape index (κ1) is 11.9. The lowest BCUT2D eigenvalue weighted by molar-refractivity contribution is 0.0684. The van der Waals surface area contributed by atoms with Crippen LogP contribution in [0.4, 0.5) is 0 Å². The van der Waals surface area contributed by atoms with Gasteiger partial charge < -0.3 is 19.8 Å². The van der Waals surface area contributed by atoms with E-state index in [2.05, 4.69) is 15.3 Å². The fourth-order valence-electron chi connectivity index (χ4n) is 1.50. The number of amides is 1. The van der Waals surface area contributed by atoms with Gasteiger partial charge in [0.15, 0.2) is 11.4 Å². The summed E-state index contributed by atoms with van der Waals surface area (Å²) in [6.07, 6.45) is 2.66. The van der Waals surface area contributed by atoms with E-state index in [0.717, 1.165) is 6.33 Å². The number of rotatable bonds is 4. The van der Waals surface area contributed by atoms with Crippen molar-refractivity contribution in [3.05, 3.63) is 41.9 Å². The van der Waals surface area contributed by atoms with E-state index in [-0.39, 0.29) is 17.4 Å². The van der Waals surface area contributed by atoms with E-state index in [1.807, 2.05) is 0 Å². The van der Waals surface area contributed by atoms with Crippen molar-refractivity contribution in [2.24, 2.45) is 0 Å². The van der Waals surface area contributed by atoms with E-state index in [9.17, 15) is 9.59 Å². The first-order chi connectivity index (χ1) is 8.59. The standard InChI is InChI=1S/C11H11N3O4/c1-6(7-3-2-4-18-7)14-10(15)8-9(11(16)17)13-5-12-8/h2-6H,1H3,(H,12,13)(H,14,15)(H,16,17). The third-order valence-electron chi connectivity index (χ3n) is 2.39. The number of nitrogens with zero attached hydrogens (tertiary/aromatic N) is 1. The molecule has 0 saturated heterocycles. The van der Waals surface area contributed by atoms with Crippen LogP contribution < -0.4 is 5.32 Å². The number of H-pyrrole nitrogens is 1. The Hall–Kier alpha value is -2.57. The summed E-state index contributed by atoms with van der Waals surface area (Å²) in [5.74, 6) is -1.23. The molecule has 7 heteroatoms. The second-order valence-corrected chi connectivity index (χ2v) is 3.64. The molecule has 94 valence electrons. The molecule has 1 unspecified atom stereocenters. The Morgan fingerprint density at radius 2 is 2.33 bits per heavy atom. The summed E-state index contributed by atoms with van der Waals surface area (Å²) in [4.78, 5) is 28.8. The highest BCUT2D eigenvalue weighted by Crippen LogP contribution is 2.13. The zero-order valence-corrected chi connectivity index (χ0v) is 9.51. The summed E-state index contributed by atoms with van der Waals surface area (Å²) in [5, 5.41) is 11.5. The van der Waals surface area contributed by atoms with Crippen molar-refractivity contribution in [2.45, 2.75) is 13.0 Å². The Kier molecular flexibility index (Phi) is 3.13. The fourth-order valence-corrected chi connectivity index (χ4v) is 1.50. The molecule has 2 rings (SSSR count). The van der Waals surface area contributed by atoms with Gasteiger partial charge in [-0.25, -0.2) is 9.78 Å². The maximum Gasteiger partial charge on any atom is 0.354 e. The molecule has 0 saturated carbocycles. The maximum atomic E-state index is 11.8. The Morgan fingerprint density at radius 1 is 1.56 bits per heavy atom. The number of hydrogen-bond acceptors (Lipinski definition) is 4. The molecule has 0 fully saturated rings. The van der Waals surface area contributed by atoms with Crippen LogP contribution in [0.2, 0.25) is 0 Å². The van der Waals surface area contributed by atoms with Gasteiger partial charge in [0.2, 0.25) is 0 Å². The molecule has 0 aromatic carbocycles. The fraction of sp³-hybridized carbons (Fsp3) is 0.182. The largest absolute Gasteiger partial charge is 0.477 e. The Balaban J connectivity index is 2.13. The zero-order valence-electron chi connectivity index (χ0n) is 9.51. The Labute approximate surface area is 102 Å². The van der Waals surface area contributed by atoms with Crippen molar-refractivity contribution in [3.63, 3.8) is 0 Å². The van der Waals surface area contributed by atoms with E-state index >= 15 is 0 Å². The van der Waals surface area contributed by atoms with Crippen LogP contribution in [0.1, 0.15) is 39.7 Å². The van der Waals surface area contributed by atoms with Gasteiger partial charge in [0.1, 0.15) is 5.76 Å². The number of nitrogens with one attached hydrogen (secondary N) is 2. The number of furan rings is 1. The van der Waals surface area contributed by atoms with Crippen LogP contribution in [0.5, 0.6) is 0 Å². The van der Waals surface area contributed by atoms with Gasteiger partial charge in [-0.1, -0.05) is 0 Å². The van der Waals surface area contributed by atoms with Crippen molar-refractivity contribution < 1.29 is 19.1 Å². The Morgan fingerprint density at radius 3 is 2.94 bits per heavy atom. The van der Waals surface area contributed by atoms with E-state index in [1.54, 1.807) is 19.1 Å². The van der Waals surface area contributed by atoms with Crippen LogP contribution in [0.15, 0.2) is 29.1 Å². The minimum Gasteiger partial charge on any atom is -0.477 e. The number of aromatic nitrogens is 2. The summed E-state index contributed by atoms with van der Waals surface area (Å²) in [6, 6.07) is 3.05. The van der Waals surface area contributed by atoms with Crippen molar-refractivity contribution in [1.82, 2.24) is 15.3 Å². The van der Waals surface area contributed by atoms with Crippen molar-refractivity contribution in [2.75, 3.05) is 0 Å². The van der Waals surface area contributed by atoms with E-state index < -0.39 is 11.9 Å². The van der Waals surface area contributed by atoms with Gasteiger partial charge in [0.05, 0.1) is 18.6 Å². The molecule has 0 radical (unpaired) electrons. The van der Waals surface area contributed by atoms with E-state index in [1.165, 1.54) is 6.26 Å². The molecule has 7 nitrogen and oxygen atoms in total. The maximum absolute atomic E-state index is 11.8. The van der Waals surface area contributed by atoms with Crippen molar-refractivity contribution >= 4 is 11.9 Å². The molecule has 18 heavy (non-hydrogen) atoms. The van der Waals surface area contributed by atoms with Crippen LogP contribution in [0, 0.1) is 0 Å². The monoisotopic (exact) mass is 249 g/mol. The average Bonchev–Trinajstić information content (AvgIpc) is 3.00. The molecule has 2 heterocycles. The topological polar surface area (TPSA) is 108 Å². The number of carboxylic acids is 1. The third kappa shape index (κ3) is 2.24. The smallest absolute Gasteiger partial charge is 0.354 e. The van der Waals surface area contributed by atoms with Crippen LogP contribution >= 0.6 is 0 Å². The highest BCUT2D eigenvalue weighted by atomic mass is 16.4. The molecule has 3 N–H and O–H groups in total. The number of aromatic carboxylic acids is 1. The van der Waals surface area contributed by atoms with Gasteiger partial charge in [-0.05, 0) is 19.1 Å². The third-order valence-corrected chi connectivity index (χ3v) is 2.39. The molecular weight excluding hydrogens is 238 g/mol. The van der Waals surface area contributed by atoms with E-state index in [4.69, 9.17) is 9.52 Å². The minimum atomic E-state index is -1.23. The number of hydrogen-bond donors (Lipinski definition) is 3. The second-order valence-electron chi connectivity index (χ2n) is 3.64. The van der Waals surface area contributed by atoms with Crippen LogP contribution in [0.3, 0.4) is 0 Å². The normalized spacial score (nSPS) is 12.1. The van der Waals surface area contributed by atoms with Gasteiger partial charge in [-0.3, -0.25) is 4.79 Å². The first-order valence-electron chi connectivity index (χ1n) is 5.20. The summed E-state index contributed by atoms with van der Waals surface area (Å²) >= 11 is 0. The zero-order chi connectivity index (χ0) is 13.1. The van der Waals surface area contributed by atoms with Crippen LogP contribution in [-0.2, 0) is 0 Å².